The van der Waals surface area contributed by atoms with Crippen LogP contribution < -0.4 is 4.90 Å². The topological polar surface area (TPSA) is 70.5 Å². The van der Waals surface area contributed by atoms with Crippen molar-refractivity contribution >= 4 is 17.6 Å². The molecule has 1 aromatic heterocycles. The predicted molar refractivity (Wildman–Crippen MR) is 70.3 cm³/mol. The smallest absolute Gasteiger partial charge is 0.354 e. The summed E-state index contributed by atoms with van der Waals surface area (Å²) in [6, 6.07) is 8.37. The largest absolute Gasteiger partial charge is 0.477 e. The fourth-order valence-corrected chi connectivity index (χ4v) is 1.71. The van der Waals surface area contributed by atoms with Crippen LogP contribution in [0.3, 0.4) is 0 Å². The van der Waals surface area contributed by atoms with Crippen molar-refractivity contribution in [1.82, 2.24) is 4.98 Å². The Morgan fingerprint density at radius 1 is 1.25 bits per heavy atom. The molecule has 0 aliphatic carbocycles. The number of para-hydroxylation sites is 1. The van der Waals surface area contributed by atoms with E-state index in [1.165, 1.54) is 37.5 Å². The number of benzene rings is 1. The highest BCUT2D eigenvalue weighted by Gasteiger charge is 2.17. The first-order chi connectivity index (χ1) is 9.50. The second kappa shape index (κ2) is 5.48. The summed E-state index contributed by atoms with van der Waals surface area (Å²) < 4.78 is 13.6. The maximum atomic E-state index is 13.6. The van der Waals surface area contributed by atoms with E-state index < -0.39 is 17.7 Å². The molecule has 0 saturated heterocycles. The van der Waals surface area contributed by atoms with Crippen LogP contribution in [-0.2, 0) is 0 Å². The molecule has 0 aliphatic rings. The Morgan fingerprint density at radius 2 is 1.95 bits per heavy atom. The zero-order chi connectivity index (χ0) is 14.7. The highest BCUT2D eigenvalue weighted by atomic mass is 19.1. The maximum Gasteiger partial charge on any atom is 0.354 e. The molecule has 1 N–H and O–H groups in total. The molecule has 2 rings (SSSR count). The van der Waals surface area contributed by atoms with Crippen molar-refractivity contribution in [3.05, 3.63) is 59.7 Å². The van der Waals surface area contributed by atoms with E-state index >= 15 is 0 Å². The minimum absolute atomic E-state index is 0.117. The Hall–Kier alpha value is -2.76. The summed E-state index contributed by atoms with van der Waals surface area (Å²) >= 11 is 0. The third kappa shape index (κ3) is 2.64. The zero-order valence-corrected chi connectivity index (χ0v) is 10.6. The van der Waals surface area contributed by atoms with Gasteiger partial charge in [-0.25, -0.2) is 14.2 Å². The number of pyridine rings is 1. The number of aromatic carboxylic acids is 1. The lowest BCUT2D eigenvalue weighted by molar-refractivity contribution is 0.0690. The Balaban J connectivity index is 2.34. The van der Waals surface area contributed by atoms with Crippen LogP contribution in [0.15, 0.2) is 42.6 Å². The number of aromatic nitrogens is 1. The monoisotopic (exact) mass is 274 g/mol. The molecule has 20 heavy (non-hydrogen) atoms. The van der Waals surface area contributed by atoms with Crippen molar-refractivity contribution in [3.8, 4) is 0 Å². The Kier molecular flexibility index (Phi) is 3.74. The molecular formula is C14H11FN2O3. The van der Waals surface area contributed by atoms with Gasteiger partial charge in [0.25, 0.3) is 5.91 Å². The number of carbonyl (C=O) groups is 2. The number of hydrogen-bond acceptors (Lipinski definition) is 3. The Bertz CT molecular complexity index is 673. The van der Waals surface area contributed by atoms with Crippen LogP contribution >= 0.6 is 0 Å². The van der Waals surface area contributed by atoms with Crippen LogP contribution in [0.5, 0.6) is 0 Å². The van der Waals surface area contributed by atoms with Crippen LogP contribution in [0, 0.1) is 5.82 Å². The molecule has 0 fully saturated rings. The number of carbonyl (C=O) groups excluding carboxylic acids is 1. The zero-order valence-electron chi connectivity index (χ0n) is 10.6. The highest BCUT2D eigenvalue weighted by molar-refractivity contribution is 6.06. The molecule has 102 valence electrons. The van der Waals surface area contributed by atoms with Gasteiger partial charge in [-0.2, -0.15) is 0 Å². The molecule has 0 unspecified atom stereocenters. The highest BCUT2D eigenvalue weighted by Crippen LogP contribution is 2.19. The molecule has 1 aromatic carbocycles. The molecular weight excluding hydrogens is 263 g/mol. The van der Waals surface area contributed by atoms with Gasteiger partial charge < -0.3 is 10.0 Å². The number of halogens is 1. The summed E-state index contributed by atoms with van der Waals surface area (Å²) in [4.78, 5) is 27.8. The maximum absolute atomic E-state index is 13.6. The molecule has 0 bridgehead atoms. The van der Waals surface area contributed by atoms with Gasteiger partial charge in [0.1, 0.15) is 11.5 Å². The number of anilines is 1. The van der Waals surface area contributed by atoms with E-state index in [2.05, 4.69) is 4.98 Å². The number of hydrogen-bond donors (Lipinski definition) is 1. The summed E-state index contributed by atoms with van der Waals surface area (Å²) in [6.07, 6.45) is 1.23. The molecule has 0 radical (unpaired) electrons. The van der Waals surface area contributed by atoms with Crippen molar-refractivity contribution < 1.29 is 19.1 Å². The van der Waals surface area contributed by atoms with Crippen molar-refractivity contribution in [3.63, 3.8) is 0 Å². The van der Waals surface area contributed by atoms with E-state index in [1.54, 1.807) is 6.07 Å². The lowest BCUT2D eigenvalue weighted by Gasteiger charge is -2.18. The van der Waals surface area contributed by atoms with Crippen LogP contribution in [0.25, 0.3) is 0 Å². The first-order valence-electron chi connectivity index (χ1n) is 5.72. The molecule has 1 heterocycles. The quantitative estimate of drug-likeness (QED) is 0.931. The number of carboxylic acids is 1. The molecule has 6 heteroatoms. The van der Waals surface area contributed by atoms with Gasteiger partial charge in [0, 0.05) is 18.8 Å². The minimum atomic E-state index is -1.23. The number of carboxylic acid groups (broad SMARTS) is 1. The lowest BCUT2D eigenvalue weighted by atomic mass is 10.2. The molecule has 0 atom stereocenters. The molecule has 0 spiro atoms. The Morgan fingerprint density at radius 3 is 2.60 bits per heavy atom. The van der Waals surface area contributed by atoms with Crippen LogP contribution in [0.4, 0.5) is 10.1 Å². The lowest BCUT2D eigenvalue weighted by Crippen LogP contribution is -2.27. The fraction of sp³-hybridized carbons (Fsp3) is 0.0714. The van der Waals surface area contributed by atoms with Crippen LogP contribution in [0.1, 0.15) is 20.8 Å². The Labute approximate surface area is 114 Å². The summed E-state index contributed by atoms with van der Waals surface area (Å²) in [5, 5.41) is 8.84. The number of amides is 1. The van der Waals surface area contributed by atoms with E-state index in [9.17, 15) is 14.0 Å². The average molecular weight is 274 g/mol. The van der Waals surface area contributed by atoms with Gasteiger partial charge >= 0.3 is 5.97 Å². The van der Waals surface area contributed by atoms with Crippen LogP contribution in [-0.4, -0.2) is 29.0 Å². The van der Waals surface area contributed by atoms with Crippen LogP contribution in [0.2, 0.25) is 0 Å². The molecule has 0 saturated carbocycles. The first-order valence-corrected chi connectivity index (χ1v) is 5.72. The summed E-state index contributed by atoms with van der Waals surface area (Å²) in [6.45, 7) is 0. The molecule has 5 nitrogen and oxygen atoms in total. The molecule has 0 aliphatic heterocycles. The van der Waals surface area contributed by atoms with Gasteiger partial charge in [0.2, 0.25) is 0 Å². The van der Waals surface area contributed by atoms with Crippen molar-refractivity contribution in [2.75, 3.05) is 11.9 Å². The first kappa shape index (κ1) is 13.7. The number of rotatable bonds is 3. The van der Waals surface area contributed by atoms with Crippen molar-refractivity contribution in [2.24, 2.45) is 0 Å². The van der Waals surface area contributed by atoms with E-state index in [4.69, 9.17) is 5.11 Å². The SMILES string of the molecule is CN(C(=O)c1ccnc(C(=O)O)c1)c1ccccc1F. The predicted octanol–water partition coefficient (Wildman–Crippen LogP) is 2.20. The second-order valence-corrected chi connectivity index (χ2v) is 4.05. The fourth-order valence-electron chi connectivity index (χ4n) is 1.71. The van der Waals surface area contributed by atoms with Gasteiger partial charge in [0.15, 0.2) is 0 Å². The van der Waals surface area contributed by atoms with Crippen molar-refractivity contribution in [2.45, 2.75) is 0 Å². The normalized spacial score (nSPS) is 10.1. The van der Waals surface area contributed by atoms with Gasteiger partial charge in [-0.05, 0) is 24.3 Å². The van der Waals surface area contributed by atoms with E-state index in [0.29, 0.717) is 0 Å². The summed E-state index contributed by atoms with van der Waals surface area (Å²) in [5.41, 5.74) is 0.00660. The number of nitrogens with zero attached hydrogens (tertiary/aromatic N) is 2. The molecule has 2 aromatic rings. The van der Waals surface area contributed by atoms with E-state index in [1.807, 2.05) is 0 Å². The minimum Gasteiger partial charge on any atom is -0.477 e. The van der Waals surface area contributed by atoms with Gasteiger partial charge in [-0.15, -0.1) is 0 Å². The summed E-state index contributed by atoms with van der Waals surface area (Å²) in [5.74, 6) is -2.27. The van der Waals surface area contributed by atoms with Gasteiger partial charge in [-0.1, -0.05) is 12.1 Å². The van der Waals surface area contributed by atoms with Gasteiger partial charge in [-0.3, -0.25) is 4.79 Å². The van der Waals surface area contributed by atoms with E-state index in [0.717, 1.165) is 11.0 Å². The van der Waals surface area contributed by atoms with Gasteiger partial charge in [0.05, 0.1) is 5.69 Å². The van der Waals surface area contributed by atoms with E-state index in [-0.39, 0.29) is 16.9 Å². The third-order valence-corrected chi connectivity index (χ3v) is 2.74. The standard InChI is InChI=1S/C14H11FN2O3/c1-17(12-5-3-2-4-10(12)15)13(18)9-6-7-16-11(8-9)14(19)20/h2-8H,1H3,(H,19,20). The second-order valence-electron chi connectivity index (χ2n) is 4.05. The average Bonchev–Trinajstić information content (AvgIpc) is 2.46. The third-order valence-electron chi connectivity index (χ3n) is 2.74. The summed E-state index contributed by atoms with van der Waals surface area (Å²) in [7, 11) is 1.42. The van der Waals surface area contributed by atoms with Crippen molar-refractivity contribution in [1.29, 1.82) is 0 Å². The molecule has 1 amide bonds.